The quantitative estimate of drug-likeness (QED) is 0.701. The molecule has 0 aliphatic carbocycles. The summed E-state index contributed by atoms with van der Waals surface area (Å²) in [5.41, 5.74) is 11.1. The Hall–Kier alpha value is -3.41. The van der Waals surface area contributed by atoms with Gasteiger partial charge in [0.2, 0.25) is 5.91 Å². The summed E-state index contributed by atoms with van der Waals surface area (Å²) >= 11 is 0. The highest BCUT2D eigenvalue weighted by Gasteiger charge is 2.21. The van der Waals surface area contributed by atoms with Crippen LogP contribution < -0.4 is 5.73 Å². The first-order valence-corrected chi connectivity index (χ1v) is 11.1. The highest BCUT2D eigenvalue weighted by Crippen LogP contribution is 2.32. The molecule has 3 rings (SSSR count). The molecule has 0 aromatic heterocycles. The number of benzene rings is 2. The topological polar surface area (TPSA) is 79.0 Å². The van der Waals surface area contributed by atoms with Crippen LogP contribution in [0.1, 0.15) is 49.0 Å². The lowest BCUT2D eigenvalue weighted by Crippen LogP contribution is -2.34. The third kappa shape index (κ3) is 5.25. The maximum absolute atomic E-state index is 13.1. The van der Waals surface area contributed by atoms with Crippen LogP contribution in [0.25, 0.3) is 17.2 Å². The fraction of sp³-hybridized carbons (Fsp3) is 0.346. The molecule has 6 nitrogen and oxygen atoms in total. The van der Waals surface area contributed by atoms with E-state index in [0.717, 1.165) is 48.3 Å². The van der Waals surface area contributed by atoms with Gasteiger partial charge in [0.05, 0.1) is 5.69 Å². The standard InChI is InChI=1S/C26H32N4O2/c1-5-13-30(14-6-2)26(32)22-15-21-12-11-20(16-23(21)28-24(27)17-22)18-7-9-19(10-8-18)25(31)29(3)4/h7-12,15-16H,5-6,13-14,17H2,1-4H3,(H2,27,28). The third-order valence-electron chi connectivity index (χ3n) is 5.42. The number of aliphatic imine (C=N–C) groups is 1. The average Bonchev–Trinajstić information content (AvgIpc) is 2.95. The SMILES string of the molecule is CCCN(CCC)C(=O)C1=Cc2ccc(-c3ccc(C(=O)N(C)C)cc3)cc2N=C(N)C1. The van der Waals surface area contributed by atoms with E-state index in [2.05, 4.69) is 18.8 Å². The van der Waals surface area contributed by atoms with Crippen LogP contribution in [0.4, 0.5) is 5.69 Å². The minimum atomic E-state index is -0.0293. The largest absolute Gasteiger partial charge is 0.387 e. The maximum atomic E-state index is 13.1. The Morgan fingerprint density at radius 3 is 2.16 bits per heavy atom. The van der Waals surface area contributed by atoms with Gasteiger partial charge in [-0.25, -0.2) is 4.99 Å². The van der Waals surface area contributed by atoms with Crippen LogP contribution in [-0.4, -0.2) is 54.6 Å². The van der Waals surface area contributed by atoms with E-state index in [1.54, 1.807) is 19.0 Å². The second-order valence-corrected chi connectivity index (χ2v) is 8.29. The molecule has 0 saturated carbocycles. The number of carbonyl (C=O) groups is 2. The molecule has 6 heteroatoms. The van der Waals surface area contributed by atoms with Crippen LogP contribution >= 0.6 is 0 Å². The number of rotatable bonds is 7. The number of hydrogen-bond acceptors (Lipinski definition) is 4. The second-order valence-electron chi connectivity index (χ2n) is 8.29. The number of amidine groups is 1. The van der Waals surface area contributed by atoms with Gasteiger partial charge in [-0.05, 0) is 48.2 Å². The van der Waals surface area contributed by atoms with Crippen LogP contribution in [0.15, 0.2) is 53.0 Å². The number of carbonyl (C=O) groups excluding carboxylic acids is 2. The molecular weight excluding hydrogens is 400 g/mol. The van der Waals surface area contributed by atoms with Crippen LogP contribution in [0.3, 0.4) is 0 Å². The van der Waals surface area contributed by atoms with Gasteiger partial charge in [-0.3, -0.25) is 9.59 Å². The fourth-order valence-electron chi connectivity index (χ4n) is 3.83. The number of nitrogens with zero attached hydrogens (tertiary/aromatic N) is 3. The van der Waals surface area contributed by atoms with E-state index >= 15 is 0 Å². The molecule has 0 fully saturated rings. The van der Waals surface area contributed by atoms with Gasteiger partial charge >= 0.3 is 0 Å². The summed E-state index contributed by atoms with van der Waals surface area (Å²) in [5, 5.41) is 0. The summed E-state index contributed by atoms with van der Waals surface area (Å²) in [6, 6.07) is 13.5. The van der Waals surface area contributed by atoms with Crippen LogP contribution in [0.5, 0.6) is 0 Å². The molecule has 1 heterocycles. The zero-order valence-corrected chi connectivity index (χ0v) is 19.4. The van der Waals surface area contributed by atoms with E-state index in [4.69, 9.17) is 5.73 Å². The van der Waals surface area contributed by atoms with E-state index in [9.17, 15) is 9.59 Å². The van der Waals surface area contributed by atoms with E-state index in [-0.39, 0.29) is 11.8 Å². The van der Waals surface area contributed by atoms with E-state index in [0.29, 0.717) is 23.4 Å². The Balaban J connectivity index is 1.92. The summed E-state index contributed by atoms with van der Waals surface area (Å²) in [7, 11) is 3.47. The minimum Gasteiger partial charge on any atom is -0.387 e. The van der Waals surface area contributed by atoms with E-state index in [1.165, 1.54) is 0 Å². The van der Waals surface area contributed by atoms with Crippen molar-refractivity contribution in [1.29, 1.82) is 0 Å². The fourth-order valence-corrected chi connectivity index (χ4v) is 3.83. The van der Waals surface area contributed by atoms with Crippen molar-refractivity contribution < 1.29 is 9.59 Å². The first-order valence-electron chi connectivity index (χ1n) is 11.1. The molecule has 2 aromatic rings. The Bertz CT molecular complexity index is 1050. The summed E-state index contributed by atoms with van der Waals surface area (Å²) in [6.45, 7) is 5.62. The Morgan fingerprint density at radius 2 is 1.56 bits per heavy atom. The maximum Gasteiger partial charge on any atom is 0.253 e. The molecule has 1 aliphatic rings. The smallest absolute Gasteiger partial charge is 0.253 e. The van der Waals surface area contributed by atoms with Gasteiger partial charge in [-0.2, -0.15) is 0 Å². The van der Waals surface area contributed by atoms with Crippen molar-refractivity contribution in [3.8, 4) is 11.1 Å². The number of fused-ring (bicyclic) bond motifs is 1. The zero-order valence-electron chi connectivity index (χ0n) is 19.4. The van der Waals surface area contributed by atoms with Gasteiger partial charge in [0.1, 0.15) is 5.84 Å². The molecule has 0 radical (unpaired) electrons. The summed E-state index contributed by atoms with van der Waals surface area (Å²) in [4.78, 5) is 33.3. The van der Waals surface area contributed by atoms with Gasteiger partial charge in [0, 0.05) is 50.3 Å². The predicted octanol–water partition coefficient (Wildman–Crippen LogP) is 4.48. The van der Waals surface area contributed by atoms with Gasteiger partial charge in [-0.15, -0.1) is 0 Å². The number of nitrogens with two attached hydrogens (primary N) is 1. The highest BCUT2D eigenvalue weighted by molar-refractivity contribution is 6.05. The summed E-state index contributed by atoms with van der Waals surface area (Å²) in [5.74, 6) is 0.434. The van der Waals surface area contributed by atoms with Crippen LogP contribution in [-0.2, 0) is 4.79 Å². The molecule has 2 N–H and O–H groups in total. The Labute approximate surface area is 190 Å². The van der Waals surface area contributed by atoms with Crippen molar-refractivity contribution >= 4 is 29.4 Å². The van der Waals surface area contributed by atoms with E-state index in [1.807, 2.05) is 53.4 Å². The molecule has 0 bridgehead atoms. The molecule has 1 aliphatic heterocycles. The average molecular weight is 433 g/mol. The van der Waals surface area contributed by atoms with Gasteiger partial charge in [0.15, 0.2) is 0 Å². The van der Waals surface area contributed by atoms with Crippen molar-refractivity contribution in [2.75, 3.05) is 27.2 Å². The van der Waals surface area contributed by atoms with Gasteiger partial charge < -0.3 is 15.5 Å². The second kappa shape index (κ2) is 10.3. The molecule has 0 saturated heterocycles. The molecule has 2 amide bonds. The molecule has 168 valence electrons. The number of amides is 2. The van der Waals surface area contributed by atoms with Gasteiger partial charge in [0.25, 0.3) is 5.91 Å². The number of hydrogen-bond donors (Lipinski definition) is 1. The summed E-state index contributed by atoms with van der Waals surface area (Å²) in [6.07, 6.45) is 4.10. The van der Waals surface area contributed by atoms with E-state index < -0.39 is 0 Å². The minimum absolute atomic E-state index is 0.0293. The Morgan fingerprint density at radius 1 is 0.938 bits per heavy atom. The lowest BCUT2D eigenvalue weighted by atomic mass is 9.99. The van der Waals surface area contributed by atoms with Crippen molar-refractivity contribution in [3.63, 3.8) is 0 Å². The first-order chi connectivity index (χ1) is 15.3. The third-order valence-corrected chi connectivity index (χ3v) is 5.42. The lowest BCUT2D eigenvalue weighted by Gasteiger charge is -2.22. The van der Waals surface area contributed by atoms with Crippen molar-refractivity contribution in [1.82, 2.24) is 9.80 Å². The van der Waals surface area contributed by atoms with Crippen molar-refractivity contribution in [2.24, 2.45) is 10.7 Å². The van der Waals surface area contributed by atoms with Crippen LogP contribution in [0.2, 0.25) is 0 Å². The molecule has 2 aromatic carbocycles. The summed E-state index contributed by atoms with van der Waals surface area (Å²) < 4.78 is 0. The Kier molecular flexibility index (Phi) is 7.46. The predicted molar refractivity (Wildman–Crippen MR) is 131 cm³/mol. The molecule has 0 unspecified atom stereocenters. The zero-order chi connectivity index (χ0) is 23.3. The molecule has 32 heavy (non-hydrogen) atoms. The molecule has 0 atom stereocenters. The monoisotopic (exact) mass is 432 g/mol. The molecule has 0 spiro atoms. The van der Waals surface area contributed by atoms with Gasteiger partial charge in [-0.1, -0.05) is 38.1 Å². The van der Waals surface area contributed by atoms with Crippen molar-refractivity contribution in [3.05, 3.63) is 59.2 Å². The highest BCUT2D eigenvalue weighted by atomic mass is 16.2. The molecular formula is C26H32N4O2. The normalized spacial score (nSPS) is 12.9. The van der Waals surface area contributed by atoms with Crippen molar-refractivity contribution in [2.45, 2.75) is 33.1 Å². The first kappa shape index (κ1) is 23.3. The van der Waals surface area contributed by atoms with Crippen LogP contribution in [0, 0.1) is 0 Å². The lowest BCUT2D eigenvalue weighted by molar-refractivity contribution is -0.127.